The van der Waals surface area contributed by atoms with Gasteiger partial charge < -0.3 is 10.0 Å². The van der Waals surface area contributed by atoms with Crippen LogP contribution in [-0.2, 0) is 0 Å². The second kappa shape index (κ2) is 4.49. The largest absolute Gasteiger partial charge is 0.389 e. The van der Waals surface area contributed by atoms with Crippen molar-refractivity contribution in [2.24, 2.45) is 0 Å². The van der Waals surface area contributed by atoms with Crippen LogP contribution in [0.4, 0.5) is 5.69 Å². The predicted molar refractivity (Wildman–Crippen MR) is 63.0 cm³/mol. The fourth-order valence-corrected chi connectivity index (χ4v) is 1.84. The molecule has 2 nitrogen and oxygen atoms in total. The van der Waals surface area contributed by atoms with E-state index < -0.39 is 0 Å². The lowest BCUT2D eigenvalue weighted by molar-refractivity contribution is 0.199. The minimum absolute atomic E-state index is 0.375. The fraction of sp³-hybridized carbons (Fsp3) is 0.385. The molecule has 1 N–H and O–H groups in total. The van der Waals surface area contributed by atoms with Crippen LogP contribution in [0.15, 0.2) is 36.4 Å². The van der Waals surface area contributed by atoms with Crippen molar-refractivity contribution in [3.63, 3.8) is 0 Å². The number of aliphatic hydroxyl groups excluding tert-OH is 1. The Morgan fingerprint density at radius 3 is 2.47 bits per heavy atom. The van der Waals surface area contributed by atoms with Crippen LogP contribution in [0, 0.1) is 0 Å². The molecule has 0 saturated heterocycles. The van der Waals surface area contributed by atoms with Crippen LogP contribution in [0.2, 0.25) is 0 Å². The Bertz CT molecular complexity index is 340. The van der Waals surface area contributed by atoms with E-state index >= 15 is 0 Å². The molecule has 0 aliphatic carbocycles. The molecule has 1 atom stereocenters. The van der Waals surface area contributed by atoms with E-state index in [1.165, 1.54) is 5.69 Å². The Hall–Kier alpha value is -1.28. The standard InChI is InChI=1S/C13H17NO/c1-11(15)12-5-7-13(8-6-12)14-9-3-2-4-10-14/h2-3,5-8,11,15H,4,9-10H2,1H3/t11-/m0/s1. The molecule has 2 rings (SSSR count). The molecule has 0 bridgehead atoms. The molecule has 0 saturated carbocycles. The number of aliphatic hydroxyl groups is 1. The maximum absolute atomic E-state index is 9.40. The summed E-state index contributed by atoms with van der Waals surface area (Å²) in [5, 5.41) is 9.40. The van der Waals surface area contributed by atoms with Gasteiger partial charge in [0.25, 0.3) is 0 Å². The zero-order valence-corrected chi connectivity index (χ0v) is 9.06. The molecule has 1 aromatic rings. The third kappa shape index (κ3) is 2.39. The van der Waals surface area contributed by atoms with Gasteiger partial charge in [-0.2, -0.15) is 0 Å². The average Bonchev–Trinajstić information content (AvgIpc) is 2.30. The van der Waals surface area contributed by atoms with E-state index in [0.717, 1.165) is 25.1 Å². The summed E-state index contributed by atoms with van der Waals surface area (Å²) in [5.74, 6) is 0. The summed E-state index contributed by atoms with van der Waals surface area (Å²) >= 11 is 0. The van der Waals surface area contributed by atoms with Crippen LogP contribution in [0.3, 0.4) is 0 Å². The van der Waals surface area contributed by atoms with Gasteiger partial charge in [0.05, 0.1) is 6.10 Å². The normalized spacial score (nSPS) is 17.9. The summed E-state index contributed by atoms with van der Waals surface area (Å²) in [6, 6.07) is 8.17. The first-order valence-corrected chi connectivity index (χ1v) is 5.45. The Kier molecular flexibility index (Phi) is 3.07. The van der Waals surface area contributed by atoms with Gasteiger partial charge in [0, 0.05) is 18.8 Å². The summed E-state index contributed by atoms with van der Waals surface area (Å²) in [6.07, 6.45) is 5.17. The third-order valence-corrected chi connectivity index (χ3v) is 2.80. The quantitative estimate of drug-likeness (QED) is 0.746. The van der Waals surface area contributed by atoms with Gasteiger partial charge in [0.15, 0.2) is 0 Å². The summed E-state index contributed by atoms with van der Waals surface area (Å²) in [7, 11) is 0. The van der Waals surface area contributed by atoms with E-state index in [1.807, 2.05) is 12.1 Å². The van der Waals surface area contributed by atoms with E-state index in [-0.39, 0.29) is 6.10 Å². The van der Waals surface area contributed by atoms with Crippen LogP contribution >= 0.6 is 0 Å². The first-order valence-electron chi connectivity index (χ1n) is 5.45. The van der Waals surface area contributed by atoms with E-state index in [1.54, 1.807) is 6.92 Å². The number of benzene rings is 1. The second-order valence-corrected chi connectivity index (χ2v) is 3.97. The highest BCUT2D eigenvalue weighted by molar-refractivity contribution is 5.49. The highest BCUT2D eigenvalue weighted by Gasteiger charge is 2.07. The van der Waals surface area contributed by atoms with Gasteiger partial charge in [-0.3, -0.25) is 0 Å². The minimum atomic E-state index is -0.375. The number of hydrogen-bond donors (Lipinski definition) is 1. The lowest BCUT2D eigenvalue weighted by Crippen LogP contribution is -2.26. The molecule has 0 radical (unpaired) electrons. The van der Waals surface area contributed by atoms with Crippen LogP contribution in [0.1, 0.15) is 25.0 Å². The Balaban J connectivity index is 2.12. The molecule has 0 amide bonds. The Labute approximate surface area is 90.8 Å². The smallest absolute Gasteiger partial charge is 0.0761 e. The first kappa shape index (κ1) is 10.2. The van der Waals surface area contributed by atoms with Crippen LogP contribution in [-0.4, -0.2) is 18.2 Å². The summed E-state index contributed by atoms with van der Waals surface area (Å²) in [6.45, 7) is 3.87. The molecule has 0 aromatic heterocycles. The molecule has 1 heterocycles. The molecule has 80 valence electrons. The summed E-state index contributed by atoms with van der Waals surface area (Å²) in [4.78, 5) is 2.34. The maximum atomic E-state index is 9.40. The minimum Gasteiger partial charge on any atom is -0.389 e. The van der Waals surface area contributed by atoms with Gasteiger partial charge in [-0.15, -0.1) is 0 Å². The van der Waals surface area contributed by atoms with E-state index in [2.05, 4.69) is 29.2 Å². The lowest BCUT2D eigenvalue weighted by atomic mass is 10.1. The fourth-order valence-electron chi connectivity index (χ4n) is 1.84. The molecule has 2 heteroatoms. The Morgan fingerprint density at radius 2 is 1.93 bits per heavy atom. The maximum Gasteiger partial charge on any atom is 0.0761 e. The summed E-state index contributed by atoms with van der Waals surface area (Å²) < 4.78 is 0. The summed E-state index contributed by atoms with van der Waals surface area (Å²) in [5.41, 5.74) is 2.22. The molecule has 0 unspecified atom stereocenters. The molecule has 1 aliphatic heterocycles. The van der Waals surface area contributed by atoms with Gasteiger partial charge in [0.2, 0.25) is 0 Å². The van der Waals surface area contributed by atoms with Crippen LogP contribution < -0.4 is 4.90 Å². The monoisotopic (exact) mass is 203 g/mol. The van der Waals surface area contributed by atoms with Crippen molar-refractivity contribution in [3.8, 4) is 0 Å². The van der Waals surface area contributed by atoms with Gasteiger partial charge in [0.1, 0.15) is 0 Å². The highest BCUT2D eigenvalue weighted by Crippen LogP contribution is 2.20. The topological polar surface area (TPSA) is 23.5 Å². The van der Waals surface area contributed by atoms with Crippen molar-refractivity contribution in [1.82, 2.24) is 0 Å². The highest BCUT2D eigenvalue weighted by atomic mass is 16.3. The lowest BCUT2D eigenvalue weighted by Gasteiger charge is -2.25. The molecule has 0 fully saturated rings. The molecule has 15 heavy (non-hydrogen) atoms. The predicted octanol–water partition coefficient (Wildman–Crippen LogP) is 2.51. The van der Waals surface area contributed by atoms with Crippen LogP contribution in [0.5, 0.6) is 0 Å². The van der Waals surface area contributed by atoms with Crippen molar-refractivity contribution < 1.29 is 5.11 Å². The van der Waals surface area contributed by atoms with Gasteiger partial charge in [-0.25, -0.2) is 0 Å². The Morgan fingerprint density at radius 1 is 1.20 bits per heavy atom. The zero-order chi connectivity index (χ0) is 10.7. The first-order chi connectivity index (χ1) is 7.27. The number of nitrogens with zero attached hydrogens (tertiary/aromatic N) is 1. The SMILES string of the molecule is C[C@H](O)c1ccc(N2CC=CCC2)cc1. The number of anilines is 1. The van der Waals surface area contributed by atoms with E-state index in [4.69, 9.17) is 0 Å². The van der Waals surface area contributed by atoms with E-state index in [9.17, 15) is 5.11 Å². The van der Waals surface area contributed by atoms with Crippen molar-refractivity contribution in [2.75, 3.05) is 18.0 Å². The van der Waals surface area contributed by atoms with Crippen molar-refractivity contribution >= 4 is 5.69 Å². The molecule has 1 aromatic carbocycles. The van der Waals surface area contributed by atoms with Gasteiger partial charge in [-0.1, -0.05) is 24.3 Å². The van der Waals surface area contributed by atoms with Gasteiger partial charge >= 0.3 is 0 Å². The van der Waals surface area contributed by atoms with Crippen molar-refractivity contribution in [3.05, 3.63) is 42.0 Å². The molecular formula is C13H17NO. The van der Waals surface area contributed by atoms with Gasteiger partial charge in [-0.05, 0) is 31.0 Å². The zero-order valence-electron chi connectivity index (χ0n) is 9.06. The van der Waals surface area contributed by atoms with Crippen LogP contribution in [0.25, 0.3) is 0 Å². The van der Waals surface area contributed by atoms with Crippen molar-refractivity contribution in [2.45, 2.75) is 19.4 Å². The average molecular weight is 203 g/mol. The van der Waals surface area contributed by atoms with Crippen molar-refractivity contribution in [1.29, 1.82) is 0 Å². The number of hydrogen-bond acceptors (Lipinski definition) is 2. The second-order valence-electron chi connectivity index (χ2n) is 3.97. The number of rotatable bonds is 2. The third-order valence-electron chi connectivity index (χ3n) is 2.80. The molecule has 1 aliphatic rings. The van der Waals surface area contributed by atoms with E-state index in [0.29, 0.717) is 0 Å². The molecule has 0 spiro atoms. The molecular weight excluding hydrogens is 186 g/mol.